The van der Waals surface area contributed by atoms with Gasteiger partial charge in [-0.2, -0.15) is 0 Å². The molecule has 0 amide bonds. The molecular formula is C26H32ClNO. The van der Waals surface area contributed by atoms with Crippen LogP contribution < -0.4 is 10.1 Å². The Labute approximate surface area is 180 Å². The molecule has 0 unspecified atom stereocenters. The van der Waals surface area contributed by atoms with Gasteiger partial charge in [-0.05, 0) is 60.2 Å². The number of nitrogens with one attached hydrogen (secondary N) is 1. The quantitative estimate of drug-likeness (QED) is 0.439. The molecular weight excluding hydrogens is 378 g/mol. The molecule has 154 valence electrons. The number of hydrogen-bond donors (Lipinski definition) is 1. The smallest absolute Gasteiger partial charge is 0.124 e. The van der Waals surface area contributed by atoms with E-state index in [0.29, 0.717) is 6.61 Å². The van der Waals surface area contributed by atoms with Gasteiger partial charge in [0, 0.05) is 22.7 Å². The molecule has 0 aromatic heterocycles. The maximum atomic E-state index is 6.25. The zero-order chi connectivity index (χ0) is 21.1. The van der Waals surface area contributed by atoms with Crippen molar-refractivity contribution in [3.05, 3.63) is 76.8 Å². The van der Waals surface area contributed by atoms with Crippen LogP contribution >= 0.6 is 11.6 Å². The van der Waals surface area contributed by atoms with Gasteiger partial charge in [-0.3, -0.25) is 0 Å². The van der Waals surface area contributed by atoms with Gasteiger partial charge in [0.2, 0.25) is 0 Å². The Morgan fingerprint density at radius 1 is 0.862 bits per heavy atom. The summed E-state index contributed by atoms with van der Waals surface area (Å²) < 4.78 is 6.25. The second-order valence-corrected chi connectivity index (χ2v) is 10.1. The SMILES string of the molecule is CC(C)(C)CC(C)(C)NCc1c(OCc2ccc(Cl)cc2)ccc2ccccc12. The van der Waals surface area contributed by atoms with Gasteiger partial charge in [0.1, 0.15) is 12.4 Å². The second-order valence-electron chi connectivity index (χ2n) is 9.65. The summed E-state index contributed by atoms with van der Waals surface area (Å²) in [5.74, 6) is 0.928. The lowest BCUT2D eigenvalue weighted by Gasteiger charge is -2.34. The van der Waals surface area contributed by atoms with Crippen molar-refractivity contribution < 1.29 is 4.74 Å². The first-order valence-electron chi connectivity index (χ1n) is 10.3. The van der Waals surface area contributed by atoms with Crippen LogP contribution in [0.5, 0.6) is 5.75 Å². The maximum absolute atomic E-state index is 6.25. The average Bonchev–Trinajstić information content (AvgIpc) is 2.64. The Morgan fingerprint density at radius 2 is 1.55 bits per heavy atom. The Bertz CT molecular complexity index is 955. The lowest BCUT2D eigenvalue weighted by Crippen LogP contribution is -2.41. The Kier molecular flexibility index (Phi) is 6.55. The molecule has 1 N–H and O–H groups in total. The van der Waals surface area contributed by atoms with Crippen molar-refractivity contribution in [2.75, 3.05) is 0 Å². The molecule has 0 aliphatic carbocycles. The van der Waals surface area contributed by atoms with Gasteiger partial charge in [0.15, 0.2) is 0 Å². The van der Waals surface area contributed by atoms with Crippen LogP contribution in [0.3, 0.4) is 0 Å². The molecule has 3 heteroatoms. The van der Waals surface area contributed by atoms with Gasteiger partial charge in [0.05, 0.1) is 0 Å². The molecule has 29 heavy (non-hydrogen) atoms. The fraction of sp³-hybridized carbons (Fsp3) is 0.385. The summed E-state index contributed by atoms with van der Waals surface area (Å²) in [7, 11) is 0. The van der Waals surface area contributed by atoms with Crippen molar-refractivity contribution in [2.45, 2.75) is 59.7 Å². The highest BCUT2D eigenvalue weighted by Crippen LogP contribution is 2.31. The maximum Gasteiger partial charge on any atom is 0.124 e. The highest BCUT2D eigenvalue weighted by Gasteiger charge is 2.25. The molecule has 0 radical (unpaired) electrons. The minimum Gasteiger partial charge on any atom is -0.489 e. The molecule has 0 aliphatic heterocycles. The van der Waals surface area contributed by atoms with Gasteiger partial charge in [-0.1, -0.05) is 74.8 Å². The van der Waals surface area contributed by atoms with E-state index in [-0.39, 0.29) is 11.0 Å². The van der Waals surface area contributed by atoms with Crippen molar-refractivity contribution in [1.82, 2.24) is 5.32 Å². The number of benzene rings is 3. The number of rotatable bonds is 7. The number of fused-ring (bicyclic) bond motifs is 1. The van der Waals surface area contributed by atoms with Crippen LogP contribution in [0.4, 0.5) is 0 Å². The predicted octanol–water partition coefficient (Wildman–Crippen LogP) is 7.38. The van der Waals surface area contributed by atoms with Crippen LogP contribution in [0, 0.1) is 5.41 Å². The van der Waals surface area contributed by atoms with Crippen molar-refractivity contribution in [3.8, 4) is 5.75 Å². The van der Waals surface area contributed by atoms with E-state index in [9.17, 15) is 0 Å². The van der Waals surface area contributed by atoms with Gasteiger partial charge < -0.3 is 10.1 Å². The zero-order valence-corrected chi connectivity index (χ0v) is 18.9. The first kappa shape index (κ1) is 21.7. The van der Waals surface area contributed by atoms with E-state index in [4.69, 9.17) is 16.3 Å². The molecule has 0 spiro atoms. The van der Waals surface area contributed by atoms with Crippen LogP contribution in [0.1, 0.15) is 52.2 Å². The van der Waals surface area contributed by atoms with E-state index in [1.165, 1.54) is 16.3 Å². The zero-order valence-electron chi connectivity index (χ0n) is 18.2. The fourth-order valence-corrected chi connectivity index (χ4v) is 4.22. The van der Waals surface area contributed by atoms with E-state index in [2.05, 4.69) is 76.3 Å². The Morgan fingerprint density at radius 3 is 2.24 bits per heavy atom. The Balaban J connectivity index is 1.84. The minimum atomic E-state index is 0.0304. The lowest BCUT2D eigenvalue weighted by molar-refractivity contribution is 0.239. The van der Waals surface area contributed by atoms with Crippen LogP contribution in [-0.2, 0) is 13.2 Å². The summed E-state index contributed by atoms with van der Waals surface area (Å²) in [5, 5.41) is 6.98. The van der Waals surface area contributed by atoms with E-state index in [0.717, 1.165) is 29.3 Å². The molecule has 0 bridgehead atoms. The molecule has 3 aromatic rings. The molecule has 0 atom stereocenters. The lowest BCUT2D eigenvalue weighted by atomic mass is 9.81. The molecule has 3 rings (SSSR count). The van der Waals surface area contributed by atoms with E-state index in [1.807, 2.05) is 24.3 Å². The largest absolute Gasteiger partial charge is 0.489 e. The van der Waals surface area contributed by atoms with E-state index < -0.39 is 0 Å². The third-order valence-electron chi connectivity index (χ3n) is 5.02. The third kappa shape index (κ3) is 6.22. The molecule has 3 aromatic carbocycles. The van der Waals surface area contributed by atoms with Gasteiger partial charge >= 0.3 is 0 Å². The number of hydrogen-bond acceptors (Lipinski definition) is 2. The second kappa shape index (κ2) is 8.77. The molecule has 0 fully saturated rings. The van der Waals surface area contributed by atoms with Gasteiger partial charge in [-0.15, -0.1) is 0 Å². The van der Waals surface area contributed by atoms with Crippen molar-refractivity contribution in [3.63, 3.8) is 0 Å². The normalized spacial score (nSPS) is 12.3. The van der Waals surface area contributed by atoms with E-state index in [1.54, 1.807) is 0 Å². The summed E-state index contributed by atoms with van der Waals surface area (Å²) in [5.41, 5.74) is 2.61. The van der Waals surface area contributed by atoms with Crippen LogP contribution in [0.25, 0.3) is 10.8 Å². The highest BCUT2D eigenvalue weighted by molar-refractivity contribution is 6.30. The molecule has 0 saturated heterocycles. The first-order chi connectivity index (χ1) is 13.6. The van der Waals surface area contributed by atoms with Crippen LogP contribution in [-0.4, -0.2) is 5.54 Å². The van der Waals surface area contributed by atoms with E-state index >= 15 is 0 Å². The Hall–Kier alpha value is -2.03. The number of ether oxygens (including phenoxy) is 1. The molecule has 0 saturated carbocycles. The summed E-state index contributed by atoms with van der Waals surface area (Å²) in [4.78, 5) is 0. The van der Waals surface area contributed by atoms with Crippen molar-refractivity contribution in [2.24, 2.45) is 5.41 Å². The summed E-state index contributed by atoms with van der Waals surface area (Å²) in [6.07, 6.45) is 1.09. The van der Waals surface area contributed by atoms with Gasteiger partial charge in [0.25, 0.3) is 0 Å². The summed E-state index contributed by atoms with van der Waals surface area (Å²) >= 11 is 6.00. The van der Waals surface area contributed by atoms with Crippen LogP contribution in [0.2, 0.25) is 5.02 Å². The third-order valence-corrected chi connectivity index (χ3v) is 5.27. The van der Waals surface area contributed by atoms with Crippen LogP contribution in [0.15, 0.2) is 60.7 Å². The molecule has 2 nitrogen and oxygen atoms in total. The molecule has 0 heterocycles. The number of halogens is 1. The first-order valence-corrected chi connectivity index (χ1v) is 10.6. The topological polar surface area (TPSA) is 21.3 Å². The molecule has 0 aliphatic rings. The van der Waals surface area contributed by atoms with Crippen molar-refractivity contribution in [1.29, 1.82) is 0 Å². The standard InChI is InChI=1S/C26H32ClNO/c1-25(2,3)18-26(4,5)28-16-23-22-9-7-6-8-20(22)12-15-24(23)29-17-19-10-13-21(27)14-11-19/h6-15,28H,16-18H2,1-5H3. The monoisotopic (exact) mass is 409 g/mol. The summed E-state index contributed by atoms with van der Waals surface area (Å²) in [6.45, 7) is 12.7. The summed E-state index contributed by atoms with van der Waals surface area (Å²) in [6, 6.07) is 20.5. The highest BCUT2D eigenvalue weighted by atomic mass is 35.5. The van der Waals surface area contributed by atoms with Gasteiger partial charge in [-0.25, -0.2) is 0 Å². The minimum absolute atomic E-state index is 0.0304. The average molecular weight is 410 g/mol. The fourth-order valence-electron chi connectivity index (χ4n) is 4.09. The predicted molar refractivity (Wildman–Crippen MR) is 125 cm³/mol. The van der Waals surface area contributed by atoms with Crippen molar-refractivity contribution >= 4 is 22.4 Å².